The number of hydrogen-bond acceptors (Lipinski definition) is 0. The molecule has 0 saturated heterocycles. The van der Waals surface area contributed by atoms with Gasteiger partial charge in [-0.25, -0.2) is 10.0 Å². The summed E-state index contributed by atoms with van der Waals surface area (Å²) in [5.41, 5.74) is 7.22. The maximum absolute atomic E-state index is 3.65. The van der Waals surface area contributed by atoms with Crippen LogP contribution in [0.4, 0.5) is 0 Å². The summed E-state index contributed by atoms with van der Waals surface area (Å²) < 4.78 is 3.74. The van der Waals surface area contributed by atoms with E-state index in [0.717, 1.165) is 16.8 Å². The number of fused-ring (bicyclic) bond motifs is 5. The van der Waals surface area contributed by atoms with Gasteiger partial charge in [0.05, 0.1) is 5.88 Å². The second kappa shape index (κ2) is 4.90. The monoisotopic (exact) mass is 373 g/mol. The van der Waals surface area contributed by atoms with Gasteiger partial charge < -0.3 is 4.57 Å². The van der Waals surface area contributed by atoms with E-state index >= 15 is 0 Å². The Hall–Kier alpha value is -1.19. The topological polar surface area (TPSA) is 4.93 Å². The number of halogens is 1. The second-order valence-electron chi connectivity index (χ2n) is 6.96. The molecular weight excluding hydrogens is 354 g/mol. The van der Waals surface area contributed by atoms with Gasteiger partial charge in [-0.2, -0.15) is 0 Å². The van der Waals surface area contributed by atoms with E-state index in [1.165, 1.54) is 33.3 Å². The van der Waals surface area contributed by atoms with Crippen molar-refractivity contribution in [2.24, 2.45) is 0 Å². The summed E-state index contributed by atoms with van der Waals surface area (Å²) in [5.74, 6) is 1.13. The SMILES string of the molecule is CS(C)(C)Cn1c2c(c3cc(Br)ccc31)-c1ccccc1C2. The molecule has 1 heterocycles. The van der Waals surface area contributed by atoms with Crippen LogP contribution in [0.1, 0.15) is 11.3 Å². The normalized spacial score (nSPS) is 14.2. The first kappa shape index (κ1) is 14.4. The van der Waals surface area contributed by atoms with E-state index in [1.807, 2.05) is 0 Å². The molecule has 0 atom stereocenters. The summed E-state index contributed by atoms with van der Waals surface area (Å²) >= 11 is 3.65. The van der Waals surface area contributed by atoms with Gasteiger partial charge in [0.25, 0.3) is 0 Å². The summed E-state index contributed by atoms with van der Waals surface area (Å²) in [6, 6.07) is 15.6. The molecule has 22 heavy (non-hydrogen) atoms. The van der Waals surface area contributed by atoms with Gasteiger partial charge in [-0.15, -0.1) is 0 Å². The molecule has 114 valence electrons. The molecule has 2 aromatic carbocycles. The lowest BCUT2D eigenvalue weighted by atomic mass is 10.0. The van der Waals surface area contributed by atoms with Gasteiger partial charge >= 0.3 is 0 Å². The van der Waals surface area contributed by atoms with Gasteiger partial charge in [-0.1, -0.05) is 40.2 Å². The number of aromatic nitrogens is 1. The van der Waals surface area contributed by atoms with Gasteiger partial charge in [0.1, 0.15) is 0 Å². The molecule has 3 heteroatoms. The van der Waals surface area contributed by atoms with Crippen molar-refractivity contribution in [1.82, 2.24) is 4.57 Å². The Morgan fingerprint density at radius 1 is 1.09 bits per heavy atom. The molecular formula is C19H20BrNS. The summed E-state index contributed by atoms with van der Waals surface area (Å²) in [7, 11) is -0.606. The van der Waals surface area contributed by atoms with Crippen LogP contribution in [0.5, 0.6) is 0 Å². The molecule has 0 aliphatic heterocycles. The van der Waals surface area contributed by atoms with Crippen molar-refractivity contribution in [1.29, 1.82) is 0 Å². The Labute approximate surface area is 141 Å². The number of rotatable bonds is 2. The fraction of sp³-hybridized carbons (Fsp3) is 0.263. The summed E-state index contributed by atoms with van der Waals surface area (Å²) in [6.45, 7) is 0. The van der Waals surface area contributed by atoms with E-state index in [1.54, 1.807) is 0 Å². The first-order valence-corrected chi connectivity index (χ1v) is 11.3. The Balaban J connectivity index is 2.05. The Morgan fingerprint density at radius 3 is 2.64 bits per heavy atom. The molecule has 0 saturated carbocycles. The zero-order chi connectivity index (χ0) is 15.5. The van der Waals surface area contributed by atoms with Crippen molar-refractivity contribution in [3.05, 3.63) is 58.2 Å². The second-order valence-corrected chi connectivity index (χ2v) is 12.3. The molecule has 0 unspecified atom stereocenters. The lowest BCUT2D eigenvalue weighted by Gasteiger charge is -2.27. The van der Waals surface area contributed by atoms with Crippen molar-refractivity contribution in [3.8, 4) is 11.1 Å². The van der Waals surface area contributed by atoms with Crippen LogP contribution in [0.2, 0.25) is 0 Å². The quantitative estimate of drug-likeness (QED) is 0.429. The molecule has 1 aromatic heterocycles. The van der Waals surface area contributed by atoms with E-state index in [2.05, 4.69) is 81.7 Å². The summed E-state index contributed by atoms with van der Waals surface area (Å²) in [4.78, 5) is 0. The zero-order valence-electron chi connectivity index (χ0n) is 13.2. The Bertz CT molecular complexity index is 886. The molecule has 0 amide bonds. The lowest BCUT2D eigenvalue weighted by molar-refractivity contribution is 0.867. The highest BCUT2D eigenvalue weighted by Crippen LogP contribution is 2.47. The predicted molar refractivity (Wildman–Crippen MR) is 103 cm³/mol. The smallest absolute Gasteiger partial charge is 0.0527 e. The molecule has 3 aromatic rings. The molecule has 0 bridgehead atoms. The van der Waals surface area contributed by atoms with E-state index in [9.17, 15) is 0 Å². The van der Waals surface area contributed by atoms with Crippen molar-refractivity contribution in [2.75, 3.05) is 18.8 Å². The van der Waals surface area contributed by atoms with Crippen LogP contribution in [0.25, 0.3) is 22.0 Å². The van der Waals surface area contributed by atoms with Crippen LogP contribution >= 0.6 is 26.0 Å². The highest BCUT2D eigenvalue weighted by Gasteiger charge is 2.27. The average Bonchev–Trinajstić information content (AvgIpc) is 2.94. The molecule has 1 aliphatic rings. The van der Waals surface area contributed by atoms with Gasteiger partial charge in [0, 0.05) is 33.1 Å². The average molecular weight is 374 g/mol. The Kier molecular flexibility index (Phi) is 3.21. The van der Waals surface area contributed by atoms with Crippen molar-refractivity contribution < 1.29 is 0 Å². The van der Waals surface area contributed by atoms with Crippen LogP contribution in [0.3, 0.4) is 0 Å². The molecule has 1 aliphatic carbocycles. The molecule has 0 radical (unpaired) electrons. The summed E-state index contributed by atoms with van der Waals surface area (Å²) in [6.07, 6.45) is 8.25. The molecule has 0 fully saturated rings. The Morgan fingerprint density at radius 2 is 1.86 bits per heavy atom. The third-order valence-corrected chi connectivity index (χ3v) is 5.82. The standard InChI is InChI=1S/C19H20BrNS/c1-22(2,3)12-21-17-9-8-14(20)11-16(17)19-15-7-5-4-6-13(15)10-18(19)21/h4-9,11H,10,12H2,1-3H3. The van der Waals surface area contributed by atoms with Crippen LogP contribution in [-0.2, 0) is 12.3 Å². The van der Waals surface area contributed by atoms with Gasteiger partial charge in [0.15, 0.2) is 0 Å². The lowest BCUT2D eigenvalue weighted by Crippen LogP contribution is -2.08. The minimum Gasteiger partial charge on any atom is -0.335 e. The minimum atomic E-state index is -0.606. The highest BCUT2D eigenvalue weighted by atomic mass is 79.9. The fourth-order valence-corrected chi connectivity index (χ4v) is 4.93. The van der Waals surface area contributed by atoms with Crippen molar-refractivity contribution in [2.45, 2.75) is 12.3 Å². The number of benzene rings is 2. The van der Waals surface area contributed by atoms with E-state index < -0.39 is 10.0 Å². The summed E-state index contributed by atoms with van der Waals surface area (Å²) in [5, 5.41) is 1.39. The van der Waals surface area contributed by atoms with Crippen molar-refractivity contribution in [3.63, 3.8) is 0 Å². The maximum Gasteiger partial charge on any atom is 0.0527 e. The zero-order valence-corrected chi connectivity index (χ0v) is 15.6. The van der Waals surface area contributed by atoms with Crippen LogP contribution < -0.4 is 0 Å². The third-order valence-electron chi connectivity index (χ3n) is 4.29. The number of hydrogen-bond donors (Lipinski definition) is 0. The molecule has 0 spiro atoms. The minimum absolute atomic E-state index is 0.606. The van der Waals surface area contributed by atoms with Gasteiger partial charge in [-0.05, 0) is 48.1 Å². The molecule has 1 nitrogen and oxygen atoms in total. The van der Waals surface area contributed by atoms with Gasteiger partial charge in [0.2, 0.25) is 0 Å². The van der Waals surface area contributed by atoms with Crippen LogP contribution in [0.15, 0.2) is 46.9 Å². The van der Waals surface area contributed by atoms with Gasteiger partial charge in [-0.3, -0.25) is 0 Å². The van der Waals surface area contributed by atoms with Crippen LogP contribution in [-0.4, -0.2) is 23.3 Å². The van der Waals surface area contributed by atoms with E-state index in [0.29, 0.717) is 0 Å². The van der Waals surface area contributed by atoms with Crippen molar-refractivity contribution >= 4 is 36.9 Å². The maximum atomic E-state index is 3.65. The van der Waals surface area contributed by atoms with E-state index in [-0.39, 0.29) is 0 Å². The largest absolute Gasteiger partial charge is 0.335 e. The van der Waals surface area contributed by atoms with Crippen LogP contribution in [0, 0.1) is 0 Å². The third kappa shape index (κ3) is 2.22. The molecule has 4 rings (SSSR count). The molecule has 0 N–H and O–H groups in total. The highest BCUT2D eigenvalue weighted by molar-refractivity contribution is 9.10. The first-order chi connectivity index (χ1) is 10.4. The predicted octanol–water partition coefficient (Wildman–Crippen LogP) is 5.63. The van der Waals surface area contributed by atoms with E-state index in [4.69, 9.17) is 0 Å². The number of nitrogens with zero attached hydrogens (tertiary/aromatic N) is 1. The fourth-order valence-electron chi connectivity index (χ4n) is 3.50. The first-order valence-electron chi connectivity index (χ1n) is 7.49.